The van der Waals surface area contributed by atoms with Gasteiger partial charge < -0.3 is 39.2 Å². The molecule has 234 valence electrons. The van der Waals surface area contributed by atoms with Crippen molar-refractivity contribution in [1.29, 1.82) is 0 Å². The molecular weight excluding hydrogens is 558 g/mol. The lowest BCUT2D eigenvalue weighted by atomic mass is 10.1. The molecule has 2 aromatic carbocycles. The van der Waals surface area contributed by atoms with Crippen LogP contribution in [0.15, 0.2) is 51.7 Å². The van der Waals surface area contributed by atoms with Crippen LogP contribution in [0.5, 0.6) is 11.5 Å². The van der Waals surface area contributed by atoms with Crippen LogP contribution in [0.4, 0.5) is 5.82 Å². The molecule has 0 amide bonds. The number of ether oxygens (including phenoxy) is 2. The largest absolute Gasteiger partial charge is 0.494 e. The summed E-state index contributed by atoms with van der Waals surface area (Å²) in [5, 5.41) is 0.856. The number of nitrogen functional groups attached to an aromatic ring is 1. The summed E-state index contributed by atoms with van der Waals surface area (Å²) in [5.74, 6) is 1.91. The minimum atomic E-state index is -0.568. The second-order valence-electron chi connectivity index (χ2n) is 11.9. The van der Waals surface area contributed by atoms with Gasteiger partial charge in [0.1, 0.15) is 28.3 Å². The number of hydrogen-bond acceptors (Lipinski definition) is 11. The van der Waals surface area contributed by atoms with Crippen molar-refractivity contribution in [3.63, 3.8) is 0 Å². The maximum Gasteiger partial charge on any atom is 0.349 e. The SMILES string of the molecule is CN1CCN(CCCOc2cccc(-c3nc(N)c4c(=O)oc5cc(OCCCN6CCN(C)CC6)ccc5c4n3)c2)CC1. The van der Waals surface area contributed by atoms with E-state index in [9.17, 15) is 4.79 Å². The van der Waals surface area contributed by atoms with E-state index in [2.05, 4.69) is 38.7 Å². The lowest BCUT2D eigenvalue weighted by Crippen LogP contribution is -2.44. The summed E-state index contributed by atoms with van der Waals surface area (Å²) in [5.41, 5.74) is 7.35. The Labute approximate surface area is 258 Å². The number of nitrogens with two attached hydrogens (primary N) is 1. The number of anilines is 1. The molecule has 2 fully saturated rings. The molecule has 4 aromatic rings. The molecule has 2 aromatic heterocycles. The summed E-state index contributed by atoms with van der Waals surface area (Å²) in [6.45, 7) is 12.1. The quantitative estimate of drug-likeness (QED) is 0.156. The first-order chi connectivity index (χ1) is 21.4. The number of benzene rings is 2. The van der Waals surface area contributed by atoms with Crippen molar-refractivity contribution in [1.82, 2.24) is 29.6 Å². The molecule has 44 heavy (non-hydrogen) atoms. The molecule has 11 nitrogen and oxygen atoms in total. The van der Waals surface area contributed by atoms with Gasteiger partial charge in [-0.05, 0) is 51.2 Å². The fourth-order valence-electron chi connectivity index (χ4n) is 5.85. The molecule has 2 N–H and O–H groups in total. The molecule has 0 radical (unpaired) electrons. The molecular formula is C33H43N7O4. The van der Waals surface area contributed by atoms with Gasteiger partial charge in [0.2, 0.25) is 0 Å². The van der Waals surface area contributed by atoms with Crippen LogP contribution < -0.4 is 20.8 Å². The summed E-state index contributed by atoms with van der Waals surface area (Å²) < 4.78 is 17.7. The zero-order valence-corrected chi connectivity index (χ0v) is 25.8. The molecule has 0 unspecified atom stereocenters. The van der Waals surface area contributed by atoms with Crippen molar-refractivity contribution in [2.24, 2.45) is 0 Å². The van der Waals surface area contributed by atoms with Crippen molar-refractivity contribution < 1.29 is 13.9 Å². The van der Waals surface area contributed by atoms with E-state index < -0.39 is 5.63 Å². The van der Waals surface area contributed by atoms with Gasteiger partial charge in [-0.2, -0.15) is 0 Å². The highest BCUT2D eigenvalue weighted by Gasteiger charge is 2.18. The maximum absolute atomic E-state index is 13.0. The number of fused-ring (bicyclic) bond motifs is 3. The minimum absolute atomic E-state index is 0.0865. The molecule has 0 atom stereocenters. The fourth-order valence-corrected chi connectivity index (χ4v) is 5.85. The van der Waals surface area contributed by atoms with E-state index in [0.29, 0.717) is 41.3 Å². The molecule has 2 aliphatic rings. The van der Waals surface area contributed by atoms with Gasteiger partial charge in [0.05, 0.1) is 18.7 Å². The van der Waals surface area contributed by atoms with Crippen LogP contribution in [0.1, 0.15) is 12.8 Å². The first-order valence-electron chi connectivity index (χ1n) is 15.6. The predicted molar refractivity (Wildman–Crippen MR) is 174 cm³/mol. The van der Waals surface area contributed by atoms with E-state index >= 15 is 0 Å². The number of rotatable bonds is 11. The Morgan fingerprint density at radius 1 is 0.795 bits per heavy atom. The van der Waals surface area contributed by atoms with Crippen LogP contribution in [0.3, 0.4) is 0 Å². The van der Waals surface area contributed by atoms with E-state index in [-0.39, 0.29) is 11.2 Å². The molecule has 0 bridgehead atoms. The first kappa shape index (κ1) is 30.3. The average Bonchev–Trinajstić information content (AvgIpc) is 3.03. The van der Waals surface area contributed by atoms with Crippen molar-refractivity contribution >= 4 is 27.7 Å². The van der Waals surface area contributed by atoms with Gasteiger partial charge in [-0.1, -0.05) is 12.1 Å². The fraction of sp³-hybridized carbons (Fsp3) is 0.485. The highest BCUT2D eigenvalue weighted by Crippen LogP contribution is 2.30. The summed E-state index contributed by atoms with van der Waals surface area (Å²) in [6.07, 6.45) is 1.88. The molecule has 2 saturated heterocycles. The lowest BCUT2D eigenvalue weighted by Gasteiger charge is -2.32. The zero-order chi connectivity index (χ0) is 30.5. The van der Waals surface area contributed by atoms with Gasteiger partial charge in [-0.25, -0.2) is 14.8 Å². The second-order valence-corrected chi connectivity index (χ2v) is 11.9. The van der Waals surface area contributed by atoms with E-state index in [4.69, 9.17) is 24.6 Å². The van der Waals surface area contributed by atoms with Gasteiger partial charge in [0.25, 0.3) is 0 Å². The first-order valence-corrected chi connectivity index (χ1v) is 15.6. The summed E-state index contributed by atoms with van der Waals surface area (Å²) in [4.78, 5) is 31.9. The van der Waals surface area contributed by atoms with E-state index in [1.54, 1.807) is 6.07 Å². The third kappa shape index (κ3) is 7.29. The number of piperazine rings is 2. The Kier molecular flexibility index (Phi) is 9.56. The summed E-state index contributed by atoms with van der Waals surface area (Å²) >= 11 is 0. The third-order valence-corrected chi connectivity index (χ3v) is 8.61. The van der Waals surface area contributed by atoms with Gasteiger partial charge in [-0.15, -0.1) is 0 Å². The smallest absolute Gasteiger partial charge is 0.349 e. The molecule has 11 heteroatoms. The Hall–Kier alpha value is -3.77. The molecule has 0 aliphatic carbocycles. The van der Waals surface area contributed by atoms with Gasteiger partial charge >= 0.3 is 5.63 Å². The Bertz CT molecular complexity index is 1630. The highest BCUT2D eigenvalue weighted by molar-refractivity contribution is 6.05. The van der Waals surface area contributed by atoms with Crippen LogP contribution in [0, 0.1) is 0 Å². The standard InChI is InChI=1S/C33H43N7O4/c1-37-12-16-39(17-13-37)10-4-20-42-25-7-3-6-24(22-25)32-35-30-27-9-8-26(23-28(27)44-33(41)29(30)31(34)36-32)43-21-5-11-40-18-14-38(2)15-19-40/h3,6-9,22-23H,4-5,10-21H2,1-2H3,(H2,34,35,36). The monoisotopic (exact) mass is 601 g/mol. The third-order valence-electron chi connectivity index (χ3n) is 8.61. The predicted octanol–water partition coefficient (Wildman–Crippen LogP) is 3.02. The number of likely N-dealkylation sites (N-methyl/N-ethyl adjacent to an activating group) is 2. The minimum Gasteiger partial charge on any atom is -0.494 e. The van der Waals surface area contributed by atoms with E-state index in [1.165, 1.54) is 0 Å². The van der Waals surface area contributed by atoms with Crippen LogP contribution in [-0.2, 0) is 0 Å². The van der Waals surface area contributed by atoms with E-state index in [0.717, 1.165) is 89.6 Å². The average molecular weight is 602 g/mol. The van der Waals surface area contributed by atoms with Crippen molar-refractivity contribution in [2.45, 2.75) is 12.8 Å². The molecule has 0 spiro atoms. The van der Waals surface area contributed by atoms with Gasteiger partial charge in [0.15, 0.2) is 5.82 Å². The molecule has 4 heterocycles. The maximum atomic E-state index is 13.0. The summed E-state index contributed by atoms with van der Waals surface area (Å²) in [6, 6.07) is 13.2. The number of aromatic nitrogens is 2. The Balaban J connectivity index is 1.13. The zero-order valence-electron chi connectivity index (χ0n) is 25.8. The normalized spacial score (nSPS) is 17.4. The van der Waals surface area contributed by atoms with Crippen molar-refractivity contribution in [3.05, 3.63) is 52.9 Å². The van der Waals surface area contributed by atoms with Crippen LogP contribution in [0.25, 0.3) is 33.3 Å². The van der Waals surface area contributed by atoms with Crippen molar-refractivity contribution in [2.75, 3.05) is 98.5 Å². The molecule has 2 aliphatic heterocycles. The highest BCUT2D eigenvalue weighted by atomic mass is 16.5. The van der Waals surface area contributed by atoms with Crippen LogP contribution in [0.2, 0.25) is 0 Å². The van der Waals surface area contributed by atoms with Gasteiger partial charge in [-0.3, -0.25) is 0 Å². The lowest BCUT2D eigenvalue weighted by molar-refractivity contribution is 0.145. The topological polar surface area (TPSA) is 113 Å². The van der Waals surface area contributed by atoms with Crippen molar-refractivity contribution in [3.8, 4) is 22.9 Å². The van der Waals surface area contributed by atoms with Crippen LogP contribution in [-0.4, -0.2) is 122 Å². The molecule has 0 saturated carbocycles. The Morgan fingerprint density at radius 2 is 1.41 bits per heavy atom. The second kappa shape index (κ2) is 13.9. The van der Waals surface area contributed by atoms with Crippen LogP contribution >= 0.6 is 0 Å². The molecule has 6 rings (SSSR count). The number of hydrogen-bond donors (Lipinski definition) is 1. The van der Waals surface area contributed by atoms with E-state index in [1.807, 2.05) is 36.4 Å². The van der Waals surface area contributed by atoms with Gasteiger partial charge in [0, 0.05) is 82.5 Å². The Morgan fingerprint density at radius 3 is 2.05 bits per heavy atom. The number of nitrogens with zero attached hydrogens (tertiary/aromatic N) is 6. The summed E-state index contributed by atoms with van der Waals surface area (Å²) in [7, 11) is 4.33.